The van der Waals surface area contributed by atoms with Gasteiger partial charge in [0, 0.05) is 30.2 Å². The molecule has 0 spiro atoms. The van der Waals surface area contributed by atoms with Gasteiger partial charge < -0.3 is 9.64 Å². The Hall–Kier alpha value is -3.83. The van der Waals surface area contributed by atoms with Gasteiger partial charge in [0.1, 0.15) is 11.3 Å². The smallest absolute Gasteiger partial charge is 0.289 e. The Morgan fingerprint density at radius 3 is 2.62 bits per heavy atom. The minimum absolute atomic E-state index is 0.237. The Labute approximate surface area is 186 Å². The highest BCUT2D eigenvalue weighted by Gasteiger charge is 2.20. The molecule has 1 aliphatic rings. The first-order valence-electron chi connectivity index (χ1n) is 9.98. The summed E-state index contributed by atoms with van der Waals surface area (Å²) < 4.78 is 6.93. The number of benzene rings is 1. The molecule has 32 heavy (non-hydrogen) atoms. The number of morpholine rings is 1. The van der Waals surface area contributed by atoms with E-state index in [1.54, 1.807) is 16.1 Å². The molecular weight excluding hydrogens is 430 g/mol. The van der Waals surface area contributed by atoms with Gasteiger partial charge in [0.05, 0.1) is 25.1 Å². The third-order valence-electron chi connectivity index (χ3n) is 5.01. The molecule has 3 aromatic heterocycles. The maximum atomic E-state index is 12.7. The zero-order valence-electron chi connectivity index (χ0n) is 16.9. The molecule has 4 aromatic rings. The zero-order chi connectivity index (χ0) is 21.9. The average molecular weight is 449 g/mol. The van der Waals surface area contributed by atoms with Crippen LogP contribution in [-0.2, 0) is 4.74 Å². The molecule has 1 aliphatic heterocycles. The van der Waals surface area contributed by atoms with Gasteiger partial charge in [0.15, 0.2) is 10.8 Å². The van der Waals surface area contributed by atoms with Crippen LogP contribution in [0.25, 0.3) is 16.9 Å². The molecule has 0 saturated carbocycles. The topological polar surface area (TPSA) is 114 Å². The van der Waals surface area contributed by atoms with E-state index in [4.69, 9.17) is 4.74 Å². The van der Waals surface area contributed by atoms with Crippen molar-refractivity contribution in [3.8, 4) is 11.3 Å². The van der Waals surface area contributed by atoms with Gasteiger partial charge in [-0.05, 0) is 6.07 Å². The van der Waals surface area contributed by atoms with Crippen LogP contribution in [0.1, 0.15) is 20.8 Å². The van der Waals surface area contributed by atoms with E-state index in [0.29, 0.717) is 18.9 Å². The molecule has 0 unspecified atom stereocenters. The van der Waals surface area contributed by atoms with Crippen molar-refractivity contribution in [2.75, 3.05) is 31.2 Å². The summed E-state index contributed by atoms with van der Waals surface area (Å²) in [5.74, 6) is -1.02. The van der Waals surface area contributed by atoms with Crippen molar-refractivity contribution in [2.45, 2.75) is 0 Å². The molecule has 2 amide bonds. The number of nitrogens with one attached hydrogen (secondary N) is 2. The number of rotatable bonds is 4. The Kier molecular flexibility index (Phi) is 5.48. The van der Waals surface area contributed by atoms with Gasteiger partial charge in [-0.25, -0.2) is 14.5 Å². The lowest BCUT2D eigenvalue weighted by atomic mass is 10.1. The van der Waals surface area contributed by atoms with Gasteiger partial charge in [-0.15, -0.1) is 11.3 Å². The molecule has 0 atom stereocenters. The summed E-state index contributed by atoms with van der Waals surface area (Å²) in [6, 6.07) is 11.5. The number of thiazole rings is 1. The van der Waals surface area contributed by atoms with Crippen LogP contribution in [0.15, 0.2) is 54.2 Å². The maximum absolute atomic E-state index is 12.7. The third-order valence-corrected chi connectivity index (χ3v) is 5.91. The molecule has 5 rings (SSSR count). The normalized spacial score (nSPS) is 13.8. The molecule has 2 N–H and O–H groups in total. The largest absolute Gasteiger partial charge is 0.378 e. The monoisotopic (exact) mass is 449 g/mol. The van der Waals surface area contributed by atoms with Gasteiger partial charge in [-0.3, -0.25) is 20.4 Å². The van der Waals surface area contributed by atoms with Crippen LogP contribution in [0, 0.1) is 0 Å². The van der Waals surface area contributed by atoms with Gasteiger partial charge in [0.25, 0.3) is 11.8 Å². The zero-order valence-corrected chi connectivity index (χ0v) is 17.7. The summed E-state index contributed by atoms with van der Waals surface area (Å²) in [6.45, 7) is 2.74. The fourth-order valence-electron chi connectivity index (χ4n) is 3.39. The molecule has 11 heteroatoms. The van der Waals surface area contributed by atoms with Gasteiger partial charge >= 0.3 is 0 Å². The van der Waals surface area contributed by atoms with E-state index in [1.165, 1.54) is 17.5 Å². The van der Waals surface area contributed by atoms with Crippen molar-refractivity contribution in [1.82, 2.24) is 30.4 Å². The van der Waals surface area contributed by atoms with Crippen molar-refractivity contribution in [3.63, 3.8) is 0 Å². The Morgan fingerprint density at radius 1 is 1.03 bits per heavy atom. The fourth-order valence-corrected chi connectivity index (χ4v) is 4.25. The highest BCUT2D eigenvalue weighted by molar-refractivity contribution is 7.13. The number of aromatic nitrogens is 4. The standard InChI is InChI=1S/C21H19N7O3S/c29-19(25-26-20(30)16-13-32-21(24-16)27-8-10-31-11-9-27)15-12-23-28-17(6-7-22-18(15)28)14-4-2-1-3-5-14/h1-7,12-13H,8-11H2,(H,25,29)(H,26,30). The minimum Gasteiger partial charge on any atom is -0.378 e. The van der Waals surface area contributed by atoms with Crippen molar-refractivity contribution in [2.24, 2.45) is 0 Å². The first-order valence-corrected chi connectivity index (χ1v) is 10.9. The van der Waals surface area contributed by atoms with E-state index in [0.717, 1.165) is 29.5 Å². The predicted octanol–water partition coefficient (Wildman–Crippen LogP) is 1.76. The molecular formula is C21H19N7O3S. The molecule has 1 fully saturated rings. The second-order valence-corrected chi connectivity index (χ2v) is 7.85. The number of carbonyl (C=O) groups is 2. The van der Waals surface area contributed by atoms with E-state index >= 15 is 0 Å². The summed E-state index contributed by atoms with van der Waals surface area (Å²) >= 11 is 1.38. The number of hydrogen-bond acceptors (Lipinski definition) is 8. The summed E-state index contributed by atoms with van der Waals surface area (Å²) in [4.78, 5) is 35.9. The SMILES string of the molecule is O=C(NNC(=O)c1cnn2c(-c3ccccc3)ccnc12)c1csc(N2CCOCC2)n1. The van der Waals surface area contributed by atoms with Gasteiger partial charge in [0.2, 0.25) is 0 Å². The molecule has 0 aliphatic carbocycles. The van der Waals surface area contributed by atoms with Crippen LogP contribution in [0.5, 0.6) is 0 Å². The van der Waals surface area contributed by atoms with Crippen LogP contribution in [0.2, 0.25) is 0 Å². The molecule has 0 radical (unpaired) electrons. The maximum Gasteiger partial charge on any atom is 0.289 e. The van der Waals surface area contributed by atoms with E-state index in [2.05, 4.69) is 30.8 Å². The predicted molar refractivity (Wildman–Crippen MR) is 119 cm³/mol. The summed E-state index contributed by atoms with van der Waals surface area (Å²) in [6.07, 6.45) is 3.05. The van der Waals surface area contributed by atoms with Crippen molar-refractivity contribution < 1.29 is 14.3 Å². The lowest BCUT2D eigenvalue weighted by Crippen LogP contribution is -2.42. The second kappa shape index (κ2) is 8.73. The lowest BCUT2D eigenvalue weighted by molar-refractivity contribution is 0.0845. The van der Waals surface area contributed by atoms with E-state index < -0.39 is 11.8 Å². The molecule has 1 saturated heterocycles. The average Bonchev–Trinajstić information content (AvgIpc) is 3.51. The number of carbonyl (C=O) groups excluding carboxylic acids is 2. The van der Waals surface area contributed by atoms with E-state index in [-0.39, 0.29) is 11.3 Å². The number of fused-ring (bicyclic) bond motifs is 1. The number of hydrazine groups is 1. The summed E-state index contributed by atoms with van der Waals surface area (Å²) in [5, 5.41) is 6.73. The van der Waals surface area contributed by atoms with Crippen molar-refractivity contribution >= 4 is 33.9 Å². The minimum atomic E-state index is -0.519. The molecule has 1 aromatic carbocycles. The number of ether oxygens (including phenoxy) is 1. The lowest BCUT2D eigenvalue weighted by Gasteiger charge is -2.25. The highest BCUT2D eigenvalue weighted by atomic mass is 32.1. The third kappa shape index (κ3) is 3.90. The fraction of sp³-hybridized carbons (Fsp3) is 0.190. The molecule has 0 bridgehead atoms. The van der Waals surface area contributed by atoms with Gasteiger partial charge in [-0.1, -0.05) is 30.3 Å². The van der Waals surface area contributed by atoms with Crippen LogP contribution in [0.4, 0.5) is 5.13 Å². The number of anilines is 1. The molecule has 10 nitrogen and oxygen atoms in total. The van der Waals surface area contributed by atoms with Crippen LogP contribution >= 0.6 is 11.3 Å². The highest BCUT2D eigenvalue weighted by Crippen LogP contribution is 2.22. The number of nitrogens with zero attached hydrogens (tertiary/aromatic N) is 5. The first kappa shape index (κ1) is 20.1. The van der Waals surface area contributed by atoms with Crippen LogP contribution in [-0.4, -0.2) is 57.7 Å². The number of amides is 2. The Morgan fingerprint density at radius 2 is 1.81 bits per heavy atom. The van der Waals surface area contributed by atoms with Crippen molar-refractivity contribution in [3.05, 3.63) is 65.4 Å². The Bertz CT molecular complexity index is 1260. The van der Waals surface area contributed by atoms with E-state index in [1.807, 2.05) is 36.4 Å². The number of hydrogen-bond donors (Lipinski definition) is 2. The summed E-state index contributed by atoms with van der Waals surface area (Å²) in [7, 11) is 0. The van der Waals surface area contributed by atoms with Crippen LogP contribution in [0.3, 0.4) is 0 Å². The Balaban J connectivity index is 1.28. The first-order chi connectivity index (χ1) is 15.7. The van der Waals surface area contributed by atoms with Crippen LogP contribution < -0.4 is 15.8 Å². The van der Waals surface area contributed by atoms with E-state index in [9.17, 15) is 9.59 Å². The van der Waals surface area contributed by atoms with Gasteiger partial charge in [-0.2, -0.15) is 5.10 Å². The molecule has 4 heterocycles. The second-order valence-electron chi connectivity index (χ2n) is 7.01. The molecule has 162 valence electrons. The van der Waals surface area contributed by atoms with Crippen molar-refractivity contribution in [1.29, 1.82) is 0 Å². The summed E-state index contributed by atoms with van der Waals surface area (Å²) in [5.41, 5.74) is 7.46. The quantitative estimate of drug-likeness (QED) is 0.457.